The van der Waals surface area contributed by atoms with E-state index in [1.165, 1.54) is 24.5 Å². The Morgan fingerprint density at radius 1 is 1.12 bits per heavy atom. The Hall–Kier alpha value is -3.07. The van der Waals surface area contributed by atoms with Crippen LogP contribution in [0.3, 0.4) is 0 Å². The fourth-order valence-corrected chi connectivity index (χ4v) is 5.41. The molecule has 0 N–H and O–H groups in total. The van der Waals surface area contributed by atoms with Crippen molar-refractivity contribution in [1.82, 2.24) is 19.9 Å². The predicted octanol–water partition coefficient (Wildman–Crippen LogP) is 5.59. The number of hydrogen-bond acceptors (Lipinski definition) is 4. The zero-order valence-corrected chi connectivity index (χ0v) is 18.5. The Morgan fingerprint density at radius 3 is 2.59 bits per heavy atom. The van der Waals surface area contributed by atoms with Gasteiger partial charge in [-0.1, -0.05) is 17.7 Å². The SMILES string of the molecule is O=C(c1cccc(F)c1-c1ncccn1)N1C2CCC1C(Cc1ncc(C(F)(F)F)cc1Cl)C2. The molecule has 5 rings (SSSR count). The van der Waals surface area contributed by atoms with Crippen LogP contribution in [0.4, 0.5) is 17.6 Å². The first-order valence-corrected chi connectivity index (χ1v) is 11.2. The van der Waals surface area contributed by atoms with E-state index in [0.29, 0.717) is 18.5 Å². The van der Waals surface area contributed by atoms with Crippen molar-refractivity contribution < 1.29 is 22.4 Å². The second kappa shape index (κ2) is 8.61. The fourth-order valence-electron chi connectivity index (χ4n) is 5.17. The smallest absolute Gasteiger partial charge is 0.332 e. The second-order valence-corrected chi connectivity index (χ2v) is 9.00. The van der Waals surface area contributed by atoms with Crippen molar-refractivity contribution in [3.05, 3.63) is 76.6 Å². The minimum atomic E-state index is -4.52. The molecule has 0 aliphatic carbocycles. The zero-order valence-electron chi connectivity index (χ0n) is 17.8. The fraction of sp³-hybridized carbons (Fsp3) is 0.333. The van der Waals surface area contributed by atoms with E-state index in [2.05, 4.69) is 15.0 Å². The minimum absolute atomic E-state index is 0.00517. The molecule has 0 saturated carbocycles. The van der Waals surface area contributed by atoms with Gasteiger partial charge >= 0.3 is 6.18 Å². The van der Waals surface area contributed by atoms with Gasteiger partial charge in [0.15, 0.2) is 5.82 Å². The molecule has 3 aromatic rings. The molecule has 0 spiro atoms. The molecule has 5 nitrogen and oxygen atoms in total. The summed E-state index contributed by atoms with van der Waals surface area (Å²) in [5, 5.41) is -0.0379. The molecule has 2 aliphatic rings. The summed E-state index contributed by atoms with van der Waals surface area (Å²) in [6.45, 7) is 0. The molecule has 2 aromatic heterocycles. The van der Waals surface area contributed by atoms with E-state index < -0.39 is 17.6 Å². The predicted molar refractivity (Wildman–Crippen MR) is 116 cm³/mol. The molecule has 1 amide bonds. The third-order valence-corrected chi connectivity index (χ3v) is 6.96. The average Bonchev–Trinajstić information content (AvgIpc) is 3.37. The Bertz CT molecular complexity index is 1240. The number of hydrogen-bond donors (Lipinski definition) is 0. The number of fused-ring (bicyclic) bond motifs is 2. The monoisotopic (exact) mass is 490 g/mol. The molecule has 2 bridgehead atoms. The molecule has 0 radical (unpaired) electrons. The number of rotatable bonds is 4. The van der Waals surface area contributed by atoms with Gasteiger partial charge in [0.2, 0.25) is 0 Å². The summed E-state index contributed by atoms with van der Waals surface area (Å²) >= 11 is 6.12. The lowest BCUT2D eigenvalue weighted by Crippen LogP contribution is -2.37. The van der Waals surface area contributed by atoms with Crippen LogP contribution in [0.15, 0.2) is 48.9 Å². The number of amides is 1. The lowest BCUT2D eigenvalue weighted by Gasteiger charge is -2.25. The van der Waals surface area contributed by atoms with Crippen LogP contribution in [0, 0.1) is 11.7 Å². The van der Waals surface area contributed by atoms with Crippen LogP contribution in [0.2, 0.25) is 5.02 Å². The molecule has 2 aliphatic heterocycles. The van der Waals surface area contributed by atoms with Gasteiger partial charge in [0, 0.05) is 30.7 Å². The molecule has 3 atom stereocenters. The number of carbonyl (C=O) groups excluding carboxylic acids is 1. The van der Waals surface area contributed by atoms with Crippen molar-refractivity contribution in [1.29, 1.82) is 0 Å². The summed E-state index contributed by atoms with van der Waals surface area (Å²) in [5.41, 5.74) is -0.269. The molecule has 3 unspecified atom stereocenters. The Kier molecular flexibility index (Phi) is 5.75. The van der Waals surface area contributed by atoms with Crippen molar-refractivity contribution in [2.24, 2.45) is 5.92 Å². The van der Waals surface area contributed by atoms with Gasteiger partial charge in [-0.25, -0.2) is 14.4 Å². The van der Waals surface area contributed by atoms with Gasteiger partial charge in [-0.05, 0) is 55.9 Å². The summed E-state index contributed by atoms with van der Waals surface area (Å²) in [6, 6.07) is 6.64. The van der Waals surface area contributed by atoms with E-state index in [-0.39, 0.29) is 45.9 Å². The molecule has 1 aromatic carbocycles. The Balaban J connectivity index is 1.41. The maximum atomic E-state index is 14.8. The highest BCUT2D eigenvalue weighted by atomic mass is 35.5. The van der Waals surface area contributed by atoms with Gasteiger partial charge in [-0.3, -0.25) is 9.78 Å². The van der Waals surface area contributed by atoms with Gasteiger partial charge in [0.05, 0.1) is 27.4 Å². The molecule has 34 heavy (non-hydrogen) atoms. The number of halogens is 5. The van der Waals surface area contributed by atoms with Crippen molar-refractivity contribution in [3.8, 4) is 11.4 Å². The maximum Gasteiger partial charge on any atom is 0.417 e. The van der Waals surface area contributed by atoms with Gasteiger partial charge in [-0.15, -0.1) is 0 Å². The quantitative estimate of drug-likeness (QED) is 0.448. The lowest BCUT2D eigenvalue weighted by atomic mass is 9.86. The van der Waals surface area contributed by atoms with Crippen LogP contribution in [-0.4, -0.2) is 37.8 Å². The highest BCUT2D eigenvalue weighted by Gasteiger charge is 2.49. The van der Waals surface area contributed by atoms with Gasteiger partial charge in [-0.2, -0.15) is 13.2 Å². The van der Waals surface area contributed by atoms with Crippen LogP contribution in [0.1, 0.15) is 40.9 Å². The van der Waals surface area contributed by atoms with Gasteiger partial charge < -0.3 is 4.90 Å². The number of benzene rings is 1. The van der Waals surface area contributed by atoms with E-state index in [1.54, 1.807) is 17.0 Å². The maximum absolute atomic E-state index is 14.8. The van der Waals surface area contributed by atoms with Gasteiger partial charge in [0.25, 0.3) is 5.91 Å². The Morgan fingerprint density at radius 2 is 1.88 bits per heavy atom. The topological polar surface area (TPSA) is 59.0 Å². The summed E-state index contributed by atoms with van der Waals surface area (Å²) in [6.07, 6.45) is 1.85. The zero-order chi connectivity index (χ0) is 24.0. The van der Waals surface area contributed by atoms with Crippen molar-refractivity contribution >= 4 is 17.5 Å². The van der Waals surface area contributed by atoms with Crippen LogP contribution in [0.5, 0.6) is 0 Å². The molecular weight excluding hydrogens is 472 g/mol. The highest BCUT2D eigenvalue weighted by Crippen LogP contribution is 2.45. The van der Waals surface area contributed by atoms with Crippen LogP contribution < -0.4 is 0 Å². The van der Waals surface area contributed by atoms with E-state index in [4.69, 9.17) is 11.6 Å². The first-order chi connectivity index (χ1) is 16.2. The summed E-state index contributed by atoms with van der Waals surface area (Å²) in [5.74, 6) is -0.758. The molecule has 10 heteroatoms. The van der Waals surface area contributed by atoms with Crippen LogP contribution >= 0.6 is 11.6 Å². The van der Waals surface area contributed by atoms with E-state index in [0.717, 1.165) is 25.1 Å². The van der Waals surface area contributed by atoms with E-state index in [9.17, 15) is 22.4 Å². The van der Waals surface area contributed by atoms with Crippen molar-refractivity contribution in [3.63, 3.8) is 0 Å². The molecule has 2 fully saturated rings. The van der Waals surface area contributed by atoms with E-state index in [1.807, 2.05) is 0 Å². The third kappa shape index (κ3) is 4.02. The number of pyridine rings is 1. The number of aromatic nitrogens is 3. The largest absolute Gasteiger partial charge is 0.417 e. The second-order valence-electron chi connectivity index (χ2n) is 8.60. The number of alkyl halides is 3. The van der Waals surface area contributed by atoms with E-state index >= 15 is 0 Å². The molecule has 4 heterocycles. The normalized spacial score (nSPS) is 21.8. The van der Waals surface area contributed by atoms with Crippen LogP contribution in [0.25, 0.3) is 11.4 Å². The molecule has 176 valence electrons. The summed E-state index contributed by atoms with van der Waals surface area (Å²) in [4.78, 5) is 27.6. The number of nitrogens with zero attached hydrogens (tertiary/aromatic N) is 4. The molecule has 2 saturated heterocycles. The summed E-state index contributed by atoms with van der Waals surface area (Å²) < 4.78 is 53.6. The number of carbonyl (C=O) groups is 1. The van der Waals surface area contributed by atoms with Crippen molar-refractivity contribution in [2.45, 2.75) is 43.9 Å². The Labute approximate surface area is 197 Å². The van der Waals surface area contributed by atoms with Crippen LogP contribution in [-0.2, 0) is 12.6 Å². The van der Waals surface area contributed by atoms with Gasteiger partial charge in [0.1, 0.15) is 5.82 Å². The first-order valence-electron chi connectivity index (χ1n) is 10.8. The average molecular weight is 491 g/mol. The summed E-state index contributed by atoms with van der Waals surface area (Å²) in [7, 11) is 0. The lowest BCUT2D eigenvalue weighted by molar-refractivity contribution is -0.137. The first kappa shape index (κ1) is 22.7. The molecular formula is C24H19ClF4N4O. The van der Waals surface area contributed by atoms with Crippen molar-refractivity contribution in [2.75, 3.05) is 0 Å². The minimum Gasteiger partial charge on any atom is -0.332 e. The highest BCUT2D eigenvalue weighted by molar-refractivity contribution is 6.31. The third-order valence-electron chi connectivity index (χ3n) is 6.63. The standard InChI is InChI=1S/C24H19ClF4N4O/c25-17-11-14(24(27,28)29)12-32-19(17)10-13-9-15-5-6-20(13)33(15)23(34)16-3-1-4-18(26)21(16)22-30-7-2-8-31-22/h1-4,7-8,11-13,15,20H,5-6,9-10H2.